The summed E-state index contributed by atoms with van der Waals surface area (Å²) in [6, 6.07) is 0. The zero-order chi connectivity index (χ0) is 13.4. The number of hydrogen-bond donors (Lipinski definition) is 1. The fourth-order valence-corrected chi connectivity index (χ4v) is 2.86. The first kappa shape index (κ1) is 15.7. The molecule has 4 heteroatoms. The first-order valence-corrected chi connectivity index (χ1v) is 7.96. The molecular formula is C14H19BrO2S. The molecule has 0 spiro atoms. The highest BCUT2D eigenvalue weighted by Gasteiger charge is 2.09. The van der Waals surface area contributed by atoms with E-state index < -0.39 is 0 Å². The number of ketones is 1. The van der Waals surface area contributed by atoms with E-state index in [0.29, 0.717) is 18.0 Å². The van der Waals surface area contributed by atoms with Crippen molar-refractivity contribution in [2.75, 3.05) is 12.4 Å². The summed E-state index contributed by atoms with van der Waals surface area (Å²) in [5.74, 6) is 0.806. The molecule has 0 aromatic heterocycles. The molecule has 18 heavy (non-hydrogen) atoms. The number of aliphatic hydroxyl groups is 1. The lowest BCUT2D eigenvalue weighted by Gasteiger charge is -2.07. The van der Waals surface area contributed by atoms with Gasteiger partial charge in [-0.15, -0.1) is 11.8 Å². The number of carbonyl (C=O) groups is 1. The second-order valence-electron chi connectivity index (χ2n) is 4.16. The van der Waals surface area contributed by atoms with E-state index in [1.54, 1.807) is 11.8 Å². The topological polar surface area (TPSA) is 37.3 Å². The Morgan fingerprint density at radius 1 is 1.50 bits per heavy atom. The van der Waals surface area contributed by atoms with Crippen molar-refractivity contribution in [3.63, 3.8) is 0 Å². The molecule has 0 fully saturated rings. The summed E-state index contributed by atoms with van der Waals surface area (Å²) in [4.78, 5) is 12.7. The summed E-state index contributed by atoms with van der Waals surface area (Å²) in [5, 5.41) is 9.33. The largest absolute Gasteiger partial charge is 0.392 e. The van der Waals surface area contributed by atoms with Gasteiger partial charge in [-0.3, -0.25) is 4.79 Å². The van der Waals surface area contributed by atoms with Crippen LogP contribution in [-0.4, -0.2) is 23.2 Å². The molecule has 1 N–H and O–H groups in total. The first-order chi connectivity index (χ1) is 8.67. The molecule has 1 rings (SSSR count). The maximum atomic E-state index is 11.6. The maximum Gasteiger partial charge on any atom is 0.143 e. The molecule has 0 heterocycles. The van der Waals surface area contributed by atoms with Crippen LogP contribution in [0.15, 0.2) is 33.2 Å². The van der Waals surface area contributed by atoms with Crippen molar-refractivity contribution in [1.29, 1.82) is 0 Å². The molecule has 1 aliphatic carbocycles. The molecule has 1 aliphatic rings. The molecule has 0 radical (unpaired) electrons. The standard InChI is InChI=1S/C14H19BrO2S/c1-2-3-4-13(17)10-18-14-8-7-12(15)6-5-11(14)9-16/h5-7,16H,2-4,8-10H2,1H3. The number of allylic oxidation sites excluding steroid dienone is 4. The molecule has 0 saturated heterocycles. The summed E-state index contributed by atoms with van der Waals surface area (Å²) < 4.78 is 1.02. The van der Waals surface area contributed by atoms with Gasteiger partial charge in [0.15, 0.2) is 0 Å². The summed E-state index contributed by atoms with van der Waals surface area (Å²) >= 11 is 4.98. The highest BCUT2D eigenvalue weighted by atomic mass is 79.9. The molecule has 2 nitrogen and oxygen atoms in total. The van der Waals surface area contributed by atoms with Gasteiger partial charge in [0.05, 0.1) is 12.4 Å². The number of aliphatic hydroxyl groups excluding tert-OH is 1. The van der Waals surface area contributed by atoms with Crippen LogP contribution in [0.4, 0.5) is 0 Å². The first-order valence-electron chi connectivity index (χ1n) is 6.18. The van der Waals surface area contributed by atoms with Crippen LogP contribution in [-0.2, 0) is 4.79 Å². The van der Waals surface area contributed by atoms with Gasteiger partial charge in [0.25, 0.3) is 0 Å². The van der Waals surface area contributed by atoms with Gasteiger partial charge in [-0.05, 0) is 29.4 Å². The number of halogens is 1. The van der Waals surface area contributed by atoms with Crippen molar-refractivity contribution in [2.45, 2.75) is 32.6 Å². The van der Waals surface area contributed by atoms with Gasteiger partial charge in [-0.2, -0.15) is 0 Å². The highest BCUT2D eigenvalue weighted by Crippen LogP contribution is 2.29. The predicted octanol–water partition coefficient (Wildman–Crippen LogP) is 3.96. The van der Waals surface area contributed by atoms with E-state index in [9.17, 15) is 9.90 Å². The van der Waals surface area contributed by atoms with Crippen LogP contribution >= 0.6 is 27.7 Å². The van der Waals surface area contributed by atoms with Crippen LogP contribution in [0, 0.1) is 0 Å². The molecule has 0 unspecified atom stereocenters. The zero-order valence-corrected chi connectivity index (χ0v) is 13.0. The van der Waals surface area contributed by atoms with Gasteiger partial charge in [0, 0.05) is 10.9 Å². The molecule has 0 amide bonds. The van der Waals surface area contributed by atoms with Crippen LogP contribution in [0.2, 0.25) is 0 Å². The van der Waals surface area contributed by atoms with Crippen molar-refractivity contribution in [3.8, 4) is 0 Å². The summed E-state index contributed by atoms with van der Waals surface area (Å²) in [5.41, 5.74) is 0.911. The minimum absolute atomic E-state index is 0.0239. The Balaban J connectivity index is 2.55. The van der Waals surface area contributed by atoms with E-state index in [0.717, 1.165) is 34.2 Å². The zero-order valence-electron chi connectivity index (χ0n) is 10.6. The van der Waals surface area contributed by atoms with Crippen LogP contribution in [0.1, 0.15) is 32.6 Å². The Bertz CT molecular complexity index is 383. The molecular weight excluding hydrogens is 312 g/mol. The quantitative estimate of drug-likeness (QED) is 0.767. The van der Waals surface area contributed by atoms with Crippen LogP contribution in [0.5, 0.6) is 0 Å². The van der Waals surface area contributed by atoms with Gasteiger partial charge in [-0.1, -0.05) is 41.4 Å². The molecule has 0 aromatic carbocycles. The number of rotatable bonds is 7. The smallest absolute Gasteiger partial charge is 0.143 e. The summed E-state index contributed by atoms with van der Waals surface area (Å²) in [7, 11) is 0. The molecule has 0 aromatic rings. The Hall–Kier alpha value is -0.320. The van der Waals surface area contributed by atoms with Crippen LogP contribution in [0.25, 0.3) is 0 Å². The normalized spacial score (nSPS) is 15.6. The van der Waals surface area contributed by atoms with Crippen molar-refractivity contribution < 1.29 is 9.90 Å². The summed E-state index contributed by atoms with van der Waals surface area (Å²) in [6.07, 6.45) is 9.36. The minimum atomic E-state index is 0.0239. The molecule has 0 aliphatic heterocycles. The molecule has 0 saturated carbocycles. The Morgan fingerprint density at radius 2 is 2.28 bits per heavy atom. The van der Waals surface area contributed by atoms with Crippen molar-refractivity contribution in [3.05, 3.63) is 33.2 Å². The van der Waals surface area contributed by atoms with Crippen molar-refractivity contribution in [2.24, 2.45) is 0 Å². The number of carbonyl (C=O) groups excluding carboxylic acids is 1. The minimum Gasteiger partial charge on any atom is -0.392 e. The van der Waals surface area contributed by atoms with Gasteiger partial charge >= 0.3 is 0 Å². The van der Waals surface area contributed by atoms with Crippen LogP contribution in [0.3, 0.4) is 0 Å². The monoisotopic (exact) mass is 330 g/mol. The van der Waals surface area contributed by atoms with Crippen molar-refractivity contribution in [1.82, 2.24) is 0 Å². The molecule has 0 atom stereocenters. The summed E-state index contributed by atoms with van der Waals surface area (Å²) in [6.45, 7) is 2.11. The second kappa shape index (κ2) is 8.73. The number of thioether (sulfide) groups is 1. The van der Waals surface area contributed by atoms with Crippen LogP contribution < -0.4 is 0 Å². The molecule has 0 bridgehead atoms. The number of hydrogen-bond acceptors (Lipinski definition) is 3. The third-order valence-electron chi connectivity index (χ3n) is 2.67. The van der Waals surface area contributed by atoms with E-state index in [2.05, 4.69) is 28.9 Å². The third kappa shape index (κ3) is 5.55. The van der Waals surface area contributed by atoms with Gasteiger partial charge < -0.3 is 5.11 Å². The number of unbranched alkanes of at least 4 members (excludes halogenated alkanes) is 1. The van der Waals surface area contributed by atoms with Gasteiger partial charge in [-0.25, -0.2) is 0 Å². The van der Waals surface area contributed by atoms with E-state index >= 15 is 0 Å². The fourth-order valence-electron chi connectivity index (χ4n) is 1.57. The van der Waals surface area contributed by atoms with Gasteiger partial charge in [0.2, 0.25) is 0 Å². The molecule has 100 valence electrons. The van der Waals surface area contributed by atoms with E-state index in [1.165, 1.54) is 0 Å². The third-order valence-corrected chi connectivity index (χ3v) is 4.50. The Morgan fingerprint density at radius 3 is 2.94 bits per heavy atom. The van der Waals surface area contributed by atoms with Gasteiger partial charge in [0.1, 0.15) is 5.78 Å². The number of Topliss-reactive ketones (excluding diaryl/α,β-unsaturated/α-hetero) is 1. The predicted molar refractivity (Wildman–Crippen MR) is 81.9 cm³/mol. The second-order valence-corrected chi connectivity index (χ2v) is 6.15. The fraction of sp³-hybridized carbons (Fsp3) is 0.500. The SMILES string of the molecule is CCCCC(=O)CSC1=C(CO)C=CC(Br)=CC1. The Kier molecular flexibility index (Phi) is 7.63. The van der Waals surface area contributed by atoms with Crippen molar-refractivity contribution >= 4 is 33.5 Å². The lowest BCUT2D eigenvalue weighted by molar-refractivity contribution is -0.116. The average molecular weight is 331 g/mol. The maximum absolute atomic E-state index is 11.6. The lowest BCUT2D eigenvalue weighted by atomic mass is 10.2. The lowest BCUT2D eigenvalue weighted by Crippen LogP contribution is -2.02. The average Bonchev–Trinajstić information content (AvgIpc) is 2.55. The van der Waals surface area contributed by atoms with E-state index in [-0.39, 0.29) is 6.61 Å². The highest BCUT2D eigenvalue weighted by molar-refractivity contribution is 9.11. The van der Waals surface area contributed by atoms with E-state index in [1.807, 2.05) is 12.2 Å². The van der Waals surface area contributed by atoms with E-state index in [4.69, 9.17) is 0 Å². The Labute approximate surface area is 121 Å².